The van der Waals surface area contributed by atoms with E-state index in [1.54, 1.807) is 35.6 Å². The van der Waals surface area contributed by atoms with Crippen LogP contribution in [0.1, 0.15) is 10.4 Å². The van der Waals surface area contributed by atoms with Gasteiger partial charge in [-0.3, -0.25) is 4.99 Å². The van der Waals surface area contributed by atoms with Gasteiger partial charge in [0.05, 0.1) is 34.0 Å². The summed E-state index contributed by atoms with van der Waals surface area (Å²) in [6.07, 6.45) is -2.53. The summed E-state index contributed by atoms with van der Waals surface area (Å²) >= 11 is 1.63. The normalized spacial score (nSPS) is 12.4. The van der Waals surface area contributed by atoms with E-state index in [2.05, 4.69) is 25.4 Å². The molecule has 0 amide bonds. The van der Waals surface area contributed by atoms with Crippen LogP contribution in [-0.2, 0) is 6.18 Å². The van der Waals surface area contributed by atoms with Crippen molar-refractivity contribution in [2.75, 3.05) is 0 Å². The molecule has 0 aliphatic heterocycles. The zero-order chi connectivity index (χ0) is 25.7. The highest BCUT2D eigenvalue weighted by Crippen LogP contribution is 2.35. The second-order valence-electron chi connectivity index (χ2n) is 7.88. The van der Waals surface area contributed by atoms with Crippen molar-refractivity contribution in [2.24, 2.45) is 25.4 Å². The van der Waals surface area contributed by atoms with Crippen LogP contribution in [0.15, 0.2) is 128 Å². The number of halogens is 3. The number of fused-ring (bicyclic) bond motifs is 1. The van der Waals surface area contributed by atoms with Gasteiger partial charge in [-0.15, -0.1) is 16.5 Å². The monoisotopic (exact) mass is 513 g/mol. The zero-order valence-electron chi connectivity index (χ0n) is 19.2. The standard InChI is InChI=1S/C28H18F3N5S/c29-28(30,31)19-7-9-20(10-8-19)33-34-21-11-13-22(14-12-21)35-36-27-16-15-26(24-5-1-2-6-25(24)27)32-18-23-4-3-17-37-23/h1-18H/b32-18+,34-33+,36-35+. The van der Waals surface area contributed by atoms with E-state index in [1.807, 2.05) is 60.1 Å². The van der Waals surface area contributed by atoms with Gasteiger partial charge in [0.2, 0.25) is 0 Å². The van der Waals surface area contributed by atoms with E-state index in [-0.39, 0.29) is 0 Å². The summed E-state index contributed by atoms with van der Waals surface area (Å²) in [6, 6.07) is 27.1. The molecule has 0 fully saturated rings. The largest absolute Gasteiger partial charge is 0.416 e. The van der Waals surface area contributed by atoms with Gasteiger partial charge in [0.1, 0.15) is 0 Å². The van der Waals surface area contributed by atoms with Crippen molar-refractivity contribution in [3.63, 3.8) is 0 Å². The van der Waals surface area contributed by atoms with Gasteiger partial charge in [0, 0.05) is 21.9 Å². The average molecular weight is 514 g/mol. The van der Waals surface area contributed by atoms with E-state index in [0.29, 0.717) is 17.1 Å². The number of hydrogen-bond acceptors (Lipinski definition) is 6. The Morgan fingerprint density at radius 3 is 1.68 bits per heavy atom. The van der Waals surface area contributed by atoms with E-state index < -0.39 is 11.7 Å². The lowest BCUT2D eigenvalue weighted by molar-refractivity contribution is -0.137. The molecule has 4 aromatic carbocycles. The molecular formula is C28H18F3N5S. The molecule has 0 aliphatic carbocycles. The molecular weight excluding hydrogens is 495 g/mol. The summed E-state index contributed by atoms with van der Waals surface area (Å²) in [6.45, 7) is 0. The first kappa shape index (κ1) is 24.2. The smallest absolute Gasteiger partial charge is 0.255 e. The van der Waals surface area contributed by atoms with Crippen molar-refractivity contribution in [1.29, 1.82) is 0 Å². The van der Waals surface area contributed by atoms with Crippen molar-refractivity contribution in [3.05, 3.63) is 113 Å². The van der Waals surface area contributed by atoms with Gasteiger partial charge in [0.25, 0.3) is 0 Å². The highest BCUT2D eigenvalue weighted by molar-refractivity contribution is 7.11. The summed E-state index contributed by atoms with van der Waals surface area (Å²) in [5.41, 5.74) is 2.33. The third-order valence-corrected chi connectivity index (χ3v) is 6.16. The maximum Gasteiger partial charge on any atom is 0.416 e. The minimum absolute atomic E-state index is 0.326. The molecule has 0 aliphatic rings. The SMILES string of the molecule is FC(F)(F)c1ccc(/N=N/c2ccc(/N=N/c3ccc(/N=C/c4cccs4)c4ccccc34)cc2)cc1. The molecule has 0 atom stereocenters. The number of benzene rings is 4. The lowest BCUT2D eigenvalue weighted by Gasteiger charge is -2.05. The molecule has 0 bridgehead atoms. The van der Waals surface area contributed by atoms with Crippen LogP contribution < -0.4 is 0 Å². The number of alkyl halides is 3. The number of thiophene rings is 1. The maximum atomic E-state index is 12.7. The molecule has 0 saturated carbocycles. The van der Waals surface area contributed by atoms with Crippen molar-refractivity contribution < 1.29 is 13.2 Å². The van der Waals surface area contributed by atoms with E-state index in [4.69, 9.17) is 0 Å². The fraction of sp³-hybridized carbons (Fsp3) is 0.0357. The summed E-state index contributed by atoms with van der Waals surface area (Å²) in [7, 11) is 0. The van der Waals surface area contributed by atoms with E-state index >= 15 is 0 Å². The molecule has 1 aromatic heterocycles. The van der Waals surface area contributed by atoms with Crippen LogP contribution in [0, 0.1) is 0 Å². The Kier molecular flexibility index (Phi) is 6.96. The molecule has 9 heteroatoms. The minimum Gasteiger partial charge on any atom is -0.255 e. The Bertz CT molecular complexity index is 1590. The molecule has 182 valence electrons. The van der Waals surface area contributed by atoms with Crippen LogP contribution in [0.2, 0.25) is 0 Å². The Hall–Kier alpha value is -4.50. The predicted octanol–water partition coefficient (Wildman–Crippen LogP) is 10.5. The van der Waals surface area contributed by atoms with Crippen molar-refractivity contribution in [3.8, 4) is 0 Å². The van der Waals surface area contributed by atoms with Gasteiger partial charge in [0.15, 0.2) is 0 Å². The second-order valence-corrected chi connectivity index (χ2v) is 8.86. The first-order valence-electron chi connectivity index (χ1n) is 11.2. The predicted molar refractivity (Wildman–Crippen MR) is 142 cm³/mol. The fourth-order valence-corrected chi connectivity index (χ4v) is 4.08. The van der Waals surface area contributed by atoms with Crippen molar-refractivity contribution in [1.82, 2.24) is 0 Å². The van der Waals surface area contributed by atoms with E-state index in [1.165, 1.54) is 12.1 Å². The fourth-order valence-electron chi connectivity index (χ4n) is 3.50. The zero-order valence-corrected chi connectivity index (χ0v) is 20.0. The number of aliphatic imine (C=N–C) groups is 1. The molecule has 1 heterocycles. The van der Waals surface area contributed by atoms with Crippen LogP contribution in [0.5, 0.6) is 0 Å². The van der Waals surface area contributed by atoms with Crippen molar-refractivity contribution in [2.45, 2.75) is 6.18 Å². The van der Waals surface area contributed by atoms with Gasteiger partial charge in [-0.2, -0.15) is 28.5 Å². The highest BCUT2D eigenvalue weighted by Gasteiger charge is 2.29. The summed E-state index contributed by atoms with van der Waals surface area (Å²) in [4.78, 5) is 5.72. The number of hydrogen-bond donors (Lipinski definition) is 0. The summed E-state index contributed by atoms with van der Waals surface area (Å²) in [5, 5.41) is 20.8. The van der Waals surface area contributed by atoms with Gasteiger partial charge in [-0.25, -0.2) is 0 Å². The second kappa shape index (κ2) is 10.6. The number of azo groups is 2. The quantitative estimate of drug-likeness (QED) is 0.160. The molecule has 0 unspecified atom stereocenters. The molecule has 0 radical (unpaired) electrons. The van der Waals surface area contributed by atoms with E-state index in [9.17, 15) is 13.2 Å². The topological polar surface area (TPSA) is 61.8 Å². The molecule has 0 spiro atoms. The van der Waals surface area contributed by atoms with E-state index in [0.717, 1.165) is 39.2 Å². The highest BCUT2D eigenvalue weighted by atomic mass is 32.1. The first-order valence-corrected chi connectivity index (χ1v) is 12.0. The summed E-state index contributed by atoms with van der Waals surface area (Å²) < 4.78 is 38.0. The van der Waals surface area contributed by atoms with Gasteiger partial charge in [-0.05, 0) is 72.1 Å². The number of nitrogens with zero attached hydrogens (tertiary/aromatic N) is 5. The first-order chi connectivity index (χ1) is 18.0. The third-order valence-electron chi connectivity index (χ3n) is 5.35. The molecule has 5 nitrogen and oxygen atoms in total. The molecule has 5 aromatic rings. The van der Waals surface area contributed by atoms with Crippen molar-refractivity contribution >= 4 is 56.8 Å². The Morgan fingerprint density at radius 1 is 0.568 bits per heavy atom. The van der Waals surface area contributed by atoms with Crippen LogP contribution in [0.3, 0.4) is 0 Å². The lowest BCUT2D eigenvalue weighted by Crippen LogP contribution is -2.03. The minimum atomic E-state index is -4.38. The Morgan fingerprint density at radius 2 is 1.11 bits per heavy atom. The van der Waals surface area contributed by atoms with Crippen LogP contribution >= 0.6 is 11.3 Å². The Balaban J connectivity index is 1.31. The molecule has 5 rings (SSSR count). The molecule has 0 saturated heterocycles. The Labute approximate surface area is 214 Å². The number of rotatable bonds is 6. The van der Waals surface area contributed by atoms with Gasteiger partial charge in [-0.1, -0.05) is 30.3 Å². The molecule has 0 N–H and O–H groups in total. The van der Waals surface area contributed by atoms with Crippen LogP contribution in [0.25, 0.3) is 10.8 Å². The third kappa shape index (κ3) is 6.02. The van der Waals surface area contributed by atoms with Crippen LogP contribution in [0.4, 0.5) is 41.6 Å². The van der Waals surface area contributed by atoms with Crippen LogP contribution in [-0.4, -0.2) is 6.21 Å². The average Bonchev–Trinajstić information content (AvgIpc) is 3.44. The molecule has 37 heavy (non-hydrogen) atoms. The summed E-state index contributed by atoms with van der Waals surface area (Å²) in [5.74, 6) is 0. The lowest BCUT2D eigenvalue weighted by atomic mass is 10.1. The maximum absolute atomic E-state index is 12.7. The van der Waals surface area contributed by atoms with Gasteiger partial charge >= 0.3 is 6.18 Å². The van der Waals surface area contributed by atoms with Gasteiger partial charge < -0.3 is 0 Å².